The molecule has 6 nitrogen and oxygen atoms in total. The maximum atomic E-state index is 11.3. The van der Waals surface area contributed by atoms with Crippen LogP contribution in [0.1, 0.15) is 25.7 Å². The molecule has 0 spiro atoms. The van der Waals surface area contributed by atoms with E-state index in [0.717, 1.165) is 19.3 Å². The third-order valence-electron chi connectivity index (χ3n) is 2.89. The molecule has 0 aliphatic heterocycles. The lowest BCUT2D eigenvalue weighted by molar-refractivity contribution is -0.136. The van der Waals surface area contributed by atoms with Gasteiger partial charge in [-0.3, -0.25) is 4.79 Å². The number of carbonyl (C=O) groups excluding carboxylic acids is 1. The Morgan fingerprint density at radius 3 is 2.50 bits per heavy atom. The van der Waals surface area contributed by atoms with Crippen LogP contribution in [0.3, 0.4) is 0 Å². The monoisotopic (exact) mass is 230 g/mol. The lowest BCUT2D eigenvalue weighted by Crippen LogP contribution is -2.51. The van der Waals surface area contributed by atoms with E-state index in [-0.39, 0.29) is 24.6 Å². The number of carboxylic acid groups (broad SMARTS) is 1. The first kappa shape index (κ1) is 12.8. The smallest absolute Gasteiger partial charge is 0.314 e. The third-order valence-corrected chi connectivity index (χ3v) is 2.89. The van der Waals surface area contributed by atoms with Crippen LogP contribution >= 0.6 is 0 Å². The zero-order valence-corrected chi connectivity index (χ0v) is 9.41. The molecule has 2 amide bonds. The van der Waals surface area contributed by atoms with Crippen molar-refractivity contribution in [3.63, 3.8) is 0 Å². The van der Waals surface area contributed by atoms with Crippen LogP contribution in [-0.4, -0.2) is 42.9 Å². The van der Waals surface area contributed by atoms with Crippen molar-refractivity contribution in [2.24, 2.45) is 0 Å². The van der Waals surface area contributed by atoms with Crippen LogP contribution in [0.25, 0.3) is 0 Å². The molecule has 0 aromatic heterocycles. The van der Waals surface area contributed by atoms with Gasteiger partial charge in [-0.1, -0.05) is 0 Å². The summed E-state index contributed by atoms with van der Waals surface area (Å²) < 4.78 is 5.33. The van der Waals surface area contributed by atoms with E-state index in [4.69, 9.17) is 9.84 Å². The number of methoxy groups -OCH3 is 1. The molecule has 0 aromatic carbocycles. The van der Waals surface area contributed by atoms with E-state index in [1.807, 2.05) is 0 Å². The quantitative estimate of drug-likeness (QED) is 0.613. The summed E-state index contributed by atoms with van der Waals surface area (Å²) in [6.07, 6.45) is 2.97. The van der Waals surface area contributed by atoms with Crippen LogP contribution in [-0.2, 0) is 9.53 Å². The first-order valence-electron chi connectivity index (χ1n) is 5.37. The normalized spacial score (nSPS) is 17.3. The van der Waals surface area contributed by atoms with Crippen LogP contribution in [0, 0.1) is 0 Å². The molecule has 6 heteroatoms. The molecule has 1 aliphatic rings. The van der Waals surface area contributed by atoms with Gasteiger partial charge >= 0.3 is 12.0 Å². The van der Waals surface area contributed by atoms with Crippen molar-refractivity contribution in [1.82, 2.24) is 10.6 Å². The van der Waals surface area contributed by atoms with E-state index in [0.29, 0.717) is 6.54 Å². The molecule has 1 aliphatic carbocycles. The SMILES string of the molecule is COC1(CNC(=O)NCCC(=O)O)CCC1. The topological polar surface area (TPSA) is 87.7 Å². The van der Waals surface area contributed by atoms with Gasteiger partial charge < -0.3 is 20.5 Å². The van der Waals surface area contributed by atoms with E-state index in [9.17, 15) is 9.59 Å². The summed E-state index contributed by atoms with van der Waals surface area (Å²) >= 11 is 0. The fourth-order valence-electron chi connectivity index (χ4n) is 1.61. The van der Waals surface area contributed by atoms with Gasteiger partial charge in [0.25, 0.3) is 0 Å². The first-order chi connectivity index (χ1) is 7.58. The average Bonchev–Trinajstić information content (AvgIpc) is 2.16. The highest BCUT2D eigenvalue weighted by Crippen LogP contribution is 2.34. The molecule has 0 heterocycles. The zero-order valence-electron chi connectivity index (χ0n) is 9.41. The summed E-state index contributed by atoms with van der Waals surface area (Å²) in [7, 11) is 1.64. The maximum Gasteiger partial charge on any atom is 0.314 e. The molecule has 3 N–H and O–H groups in total. The third kappa shape index (κ3) is 3.69. The largest absolute Gasteiger partial charge is 0.481 e. The van der Waals surface area contributed by atoms with Crippen LogP contribution in [0.2, 0.25) is 0 Å². The minimum absolute atomic E-state index is 0.0666. The summed E-state index contributed by atoms with van der Waals surface area (Å²) in [5.74, 6) is -0.923. The molecule has 16 heavy (non-hydrogen) atoms. The van der Waals surface area contributed by atoms with E-state index >= 15 is 0 Å². The molecule has 0 bridgehead atoms. The highest BCUT2D eigenvalue weighted by molar-refractivity contribution is 5.75. The van der Waals surface area contributed by atoms with Gasteiger partial charge in [-0.15, -0.1) is 0 Å². The fourth-order valence-corrected chi connectivity index (χ4v) is 1.61. The number of aliphatic carboxylic acids is 1. The summed E-state index contributed by atoms with van der Waals surface area (Å²) in [6.45, 7) is 0.615. The lowest BCUT2D eigenvalue weighted by Gasteiger charge is -2.40. The van der Waals surface area contributed by atoms with E-state index < -0.39 is 5.97 Å². The Labute approximate surface area is 94.3 Å². The number of ether oxygens (including phenoxy) is 1. The summed E-state index contributed by atoms with van der Waals surface area (Å²) in [4.78, 5) is 21.5. The second-order valence-corrected chi connectivity index (χ2v) is 3.99. The fraction of sp³-hybridized carbons (Fsp3) is 0.800. The molecule has 1 fully saturated rings. The number of carboxylic acids is 1. The summed E-state index contributed by atoms with van der Waals surface area (Å²) in [5, 5.41) is 13.5. The van der Waals surface area contributed by atoms with Crippen molar-refractivity contribution >= 4 is 12.0 Å². The lowest BCUT2D eigenvalue weighted by atomic mass is 9.80. The standard InChI is InChI=1S/C10H18N2O4/c1-16-10(4-2-5-10)7-12-9(15)11-6-3-8(13)14/h2-7H2,1H3,(H,13,14)(H2,11,12,15). The predicted octanol–water partition coefficient (Wildman–Crippen LogP) is 0.329. The van der Waals surface area contributed by atoms with Crippen LogP contribution in [0.15, 0.2) is 0 Å². The molecule has 0 saturated heterocycles. The van der Waals surface area contributed by atoms with Gasteiger partial charge in [0.05, 0.1) is 12.0 Å². The zero-order chi connectivity index (χ0) is 12.0. The molecule has 0 unspecified atom stereocenters. The molecule has 0 radical (unpaired) electrons. The van der Waals surface area contributed by atoms with Crippen molar-refractivity contribution in [2.75, 3.05) is 20.2 Å². The van der Waals surface area contributed by atoms with Gasteiger partial charge in [-0.05, 0) is 19.3 Å². The Hall–Kier alpha value is -1.30. The minimum atomic E-state index is -0.923. The van der Waals surface area contributed by atoms with Gasteiger partial charge in [0, 0.05) is 20.2 Å². The highest BCUT2D eigenvalue weighted by Gasteiger charge is 2.37. The summed E-state index contributed by atoms with van der Waals surface area (Å²) in [5.41, 5.74) is -0.204. The molecule has 1 rings (SSSR count). The van der Waals surface area contributed by atoms with Gasteiger partial charge in [-0.2, -0.15) is 0 Å². The maximum absolute atomic E-state index is 11.3. The number of hydrogen-bond donors (Lipinski definition) is 3. The van der Waals surface area contributed by atoms with Gasteiger partial charge in [-0.25, -0.2) is 4.79 Å². The van der Waals surface area contributed by atoms with Gasteiger partial charge in [0.1, 0.15) is 0 Å². The second-order valence-electron chi connectivity index (χ2n) is 3.99. The van der Waals surface area contributed by atoms with Crippen LogP contribution in [0.5, 0.6) is 0 Å². The number of rotatable bonds is 6. The van der Waals surface area contributed by atoms with E-state index in [1.54, 1.807) is 7.11 Å². The molecular weight excluding hydrogens is 212 g/mol. The van der Waals surface area contributed by atoms with E-state index in [2.05, 4.69) is 10.6 Å². The Morgan fingerprint density at radius 2 is 2.06 bits per heavy atom. The summed E-state index contributed by atoms with van der Waals surface area (Å²) in [6, 6.07) is -0.343. The highest BCUT2D eigenvalue weighted by atomic mass is 16.5. The van der Waals surface area contributed by atoms with Gasteiger partial charge in [0.2, 0.25) is 0 Å². The molecule has 1 saturated carbocycles. The number of nitrogens with one attached hydrogen (secondary N) is 2. The Bertz CT molecular complexity index is 258. The molecule has 0 aromatic rings. The predicted molar refractivity (Wildman–Crippen MR) is 57.2 cm³/mol. The Balaban J connectivity index is 2.12. The average molecular weight is 230 g/mol. The molecular formula is C10H18N2O4. The van der Waals surface area contributed by atoms with E-state index in [1.165, 1.54) is 0 Å². The first-order valence-corrected chi connectivity index (χ1v) is 5.37. The van der Waals surface area contributed by atoms with Crippen molar-refractivity contribution in [3.05, 3.63) is 0 Å². The molecule has 0 atom stereocenters. The second kappa shape index (κ2) is 5.69. The number of hydrogen-bond acceptors (Lipinski definition) is 3. The van der Waals surface area contributed by atoms with Crippen molar-refractivity contribution in [2.45, 2.75) is 31.3 Å². The van der Waals surface area contributed by atoms with Crippen molar-refractivity contribution in [3.8, 4) is 0 Å². The van der Waals surface area contributed by atoms with Crippen LogP contribution < -0.4 is 10.6 Å². The number of carbonyl (C=O) groups is 2. The number of urea groups is 1. The van der Waals surface area contributed by atoms with Crippen molar-refractivity contribution < 1.29 is 19.4 Å². The minimum Gasteiger partial charge on any atom is -0.481 e. The number of amides is 2. The Kier molecular flexibility index (Phi) is 4.54. The molecule has 92 valence electrons. The van der Waals surface area contributed by atoms with Gasteiger partial charge in [0.15, 0.2) is 0 Å². The van der Waals surface area contributed by atoms with Crippen LogP contribution in [0.4, 0.5) is 4.79 Å². The Morgan fingerprint density at radius 1 is 1.38 bits per heavy atom. The van der Waals surface area contributed by atoms with Crippen molar-refractivity contribution in [1.29, 1.82) is 0 Å².